The van der Waals surface area contributed by atoms with Gasteiger partial charge < -0.3 is 9.84 Å². The highest BCUT2D eigenvalue weighted by Crippen LogP contribution is 2.32. The second-order valence-electron chi connectivity index (χ2n) is 3.69. The number of aromatic nitrogens is 2. The van der Waals surface area contributed by atoms with Crippen LogP contribution in [0.15, 0.2) is 25.6 Å². The van der Waals surface area contributed by atoms with Crippen LogP contribution >= 0.6 is 31.9 Å². The lowest BCUT2D eigenvalue weighted by Gasteiger charge is -2.10. The zero-order valence-corrected chi connectivity index (χ0v) is 12.6. The van der Waals surface area contributed by atoms with Gasteiger partial charge in [0.2, 0.25) is 5.89 Å². The van der Waals surface area contributed by atoms with Crippen molar-refractivity contribution < 1.29 is 4.52 Å². The van der Waals surface area contributed by atoms with E-state index in [-0.39, 0.29) is 0 Å². The molecule has 0 atom stereocenters. The van der Waals surface area contributed by atoms with Crippen LogP contribution < -0.4 is 5.32 Å². The van der Waals surface area contributed by atoms with Crippen molar-refractivity contribution in [1.29, 1.82) is 0 Å². The summed E-state index contributed by atoms with van der Waals surface area (Å²) in [6, 6.07) is 4.10. The predicted octanol–water partition coefficient (Wildman–Crippen LogP) is 3.82. The number of aryl methyl sites for hydroxylation is 2. The molecule has 0 aliphatic heterocycles. The first-order chi connectivity index (χ1) is 8.06. The Morgan fingerprint density at radius 1 is 1.24 bits per heavy atom. The largest absolute Gasteiger partial charge is 0.376 e. The van der Waals surface area contributed by atoms with E-state index in [0.717, 1.165) is 14.6 Å². The van der Waals surface area contributed by atoms with E-state index < -0.39 is 0 Å². The standard InChI is InChI=1S/C11H11Br2N3O/c1-6-3-8(12)11(9(13)4-6)14-5-10-15-7(2)17-16-10/h3-4,14H,5H2,1-2H3. The molecule has 4 nitrogen and oxygen atoms in total. The molecule has 0 spiro atoms. The third kappa shape index (κ3) is 3.07. The van der Waals surface area contributed by atoms with E-state index in [1.807, 2.05) is 6.92 Å². The Bertz CT molecular complexity index is 516. The minimum absolute atomic E-state index is 0.525. The van der Waals surface area contributed by atoms with Crippen LogP contribution in [0, 0.1) is 13.8 Å². The predicted molar refractivity (Wildman–Crippen MR) is 72.9 cm³/mol. The molecule has 17 heavy (non-hydrogen) atoms. The van der Waals surface area contributed by atoms with Gasteiger partial charge in [0.25, 0.3) is 0 Å². The number of benzene rings is 1. The maximum atomic E-state index is 4.91. The molecule has 1 heterocycles. The summed E-state index contributed by atoms with van der Waals surface area (Å²) in [6.07, 6.45) is 0. The van der Waals surface area contributed by atoms with Crippen molar-refractivity contribution in [1.82, 2.24) is 10.1 Å². The molecule has 0 amide bonds. The second kappa shape index (κ2) is 5.18. The van der Waals surface area contributed by atoms with Crippen molar-refractivity contribution in [2.45, 2.75) is 20.4 Å². The quantitative estimate of drug-likeness (QED) is 0.903. The van der Waals surface area contributed by atoms with Crippen LogP contribution in [0.2, 0.25) is 0 Å². The van der Waals surface area contributed by atoms with Gasteiger partial charge in [-0.3, -0.25) is 0 Å². The Labute approximate surface area is 116 Å². The third-order valence-electron chi connectivity index (χ3n) is 2.18. The highest BCUT2D eigenvalue weighted by molar-refractivity contribution is 9.11. The van der Waals surface area contributed by atoms with Gasteiger partial charge in [0.05, 0.1) is 12.2 Å². The first kappa shape index (κ1) is 12.6. The molecule has 1 N–H and O–H groups in total. The first-order valence-corrected chi connectivity index (χ1v) is 6.63. The number of hydrogen-bond acceptors (Lipinski definition) is 4. The Morgan fingerprint density at radius 2 is 1.88 bits per heavy atom. The number of anilines is 1. The van der Waals surface area contributed by atoms with E-state index in [4.69, 9.17) is 4.52 Å². The van der Waals surface area contributed by atoms with Gasteiger partial charge in [0.1, 0.15) is 0 Å². The summed E-state index contributed by atoms with van der Waals surface area (Å²) >= 11 is 7.04. The molecular weight excluding hydrogens is 350 g/mol. The zero-order chi connectivity index (χ0) is 12.4. The minimum Gasteiger partial charge on any atom is -0.376 e. The van der Waals surface area contributed by atoms with Crippen LogP contribution in [0.25, 0.3) is 0 Å². The smallest absolute Gasteiger partial charge is 0.223 e. The van der Waals surface area contributed by atoms with Gasteiger partial charge in [-0.1, -0.05) is 5.16 Å². The molecule has 90 valence electrons. The maximum absolute atomic E-state index is 4.91. The SMILES string of the molecule is Cc1cc(Br)c(NCc2noc(C)n2)c(Br)c1. The van der Waals surface area contributed by atoms with Crippen LogP contribution in [0.1, 0.15) is 17.3 Å². The number of nitrogens with one attached hydrogen (secondary N) is 1. The first-order valence-electron chi connectivity index (χ1n) is 5.05. The summed E-state index contributed by atoms with van der Waals surface area (Å²) < 4.78 is 6.92. The fraction of sp³-hybridized carbons (Fsp3) is 0.273. The molecule has 2 rings (SSSR count). The molecular formula is C11H11Br2N3O. The van der Waals surface area contributed by atoms with Crippen LogP contribution in [0.5, 0.6) is 0 Å². The summed E-state index contributed by atoms with van der Waals surface area (Å²) in [5.74, 6) is 1.21. The lowest BCUT2D eigenvalue weighted by Crippen LogP contribution is -2.02. The molecule has 0 fully saturated rings. The van der Waals surface area contributed by atoms with E-state index in [1.165, 1.54) is 5.56 Å². The second-order valence-corrected chi connectivity index (χ2v) is 5.40. The molecule has 0 aliphatic carbocycles. The van der Waals surface area contributed by atoms with Crippen LogP contribution in [-0.2, 0) is 6.54 Å². The summed E-state index contributed by atoms with van der Waals surface area (Å²) in [5, 5.41) is 7.09. The van der Waals surface area contributed by atoms with Crippen LogP contribution in [-0.4, -0.2) is 10.1 Å². The molecule has 0 radical (unpaired) electrons. The summed E-state index contributed by atoms with van der Waals surface area (Å²) in [6.45, 7) is 4.34. The summed E-state index contributed by atoms with van der Waals surface area (Å²) in [4.78, 5) is 4.13. The van der Waals surface area contributed by atoms with E-state index in [1.54, 1.807) is 6.92 Å². The highest BCUT2D eigenvalue weighted by Gasteiger charge is 2.08. The summed E-state index contributed by atoms with van der Waals surface area (Å²) in [7, 11) is 0. The molecule has 0 saturated carbocycles. The van der Waals surface area contributed by atoms with Gasteiger partial charge in [-0.05, 0) is 56.5 Å². The van der Waals surface area contributed by atoms with Crippen molar-refractivity contribution in [3.63, 3.8) is 0 Å². The van der Waals surface area contributed by atoms with Crippen LogP contribution in [0.4, 0.5) is 5.69 Å². The molecule has 2 aromatic rings. The average molecular weight is 361 g/mol. The number of halogens is 2. The van der Waals surface area contributed by atoms with Gasteiger partial charge in [0, 0.05) is 15.9 Å². The molecule has 0 saturated heterocycles. The number of hydrogen-bond donors (Lipinski definition) is 1. The van der Waals surface area contributed by atoms with E-state index >= 15 is 0 Å². The Morgan fingerprint density at radius 3 is 2.41 bits per heavy atom. The Hall–Kier alpha value is -0.880. The molecule has 0 unspecified atom stereocenters. The van der Waals surface area contributed by atoms with Gasteiger partial charge in [-0.15, -0.1) is 0 Å². The zero-order valence-electron chi connectivity index (χ0n) is 9.42. The van der Waals surface area contributed by atoms with Crippen molar-refractivity contribution in [2.24, 2.45) is 0 Å². The van der Waals surface area contributed by atoms with E-state index in [2.05, 4.69) is 59.5 Å². The lowest BCUT2D eigenvalue weighted by atomic mass is 10.2. The van der Waals surface area contributed by atoms with E-state index in [0.29, 0.717) is 18.3 Å². The monoisotopic (exact) mass is 359 g/mol. The maximum Gasteiger partial charge on any atom is 0.223 e. The van der Waals surface area contributed by atoms with Gasteiger partial charge >= 0.3 is 0 Å². The number of nitrogens with zero attached hydrogens (tertiary/aromatic N) is 2. The highest BCUT2D eigenvalue weighted by atomic mass is 79.9. The summed E-state index contributed by atoms with van der Waals surface area (Å²) in [5.41, 5.74) is 2.17. The molecule has 1 aromatic heterocycles. The topological polar surface area (TPSA) is 51.0 Å². The van der Waals surface area contributed by atoms with Gasteiger partial charge in [0.15, 0.2) is 5.82 Å². The normalized spacial score (nSPS) is 10.6. The number of rotatable bonds is 3. The lowest BCUT2D eigenvalue weighted by molar-refractivity contribution is 0.388. The Kier molecular flexibility index (Phi) is 3.83. The van der Waals surface area contributed by atoms with Crippen molar-refractivity contribution in [3.8, 4) is 0 Å². The fourth-order valence-corrected chi connectivity index (χ4v) is 3.15. The van der Waals surface area contributed by atoms with E-state index in [9.17, 15) is 0 Å². The fourth-order valence-electron chi connectivity index (χ4n) is 1.45. The molecule has 0 bridgehead atoms. The van der Waals surface area contributed by atoms with Gasteiger partial charge in [-0.2, -0.15) is 4.98 Å². The average Bonchev–Trinajstić information content (AvgIpc) is 2.62. The minimum atomic E-state index is 0.525. The molecule has 0 aliphatic rings. The van der Waals surface area contributed by atoms with Crippen LogP contribution in [0.3, 0.4) is 0 Å². The van der Waals surface area contributed by atoms with Crippen molar-refractivity contribution in [2.75, 3.05) is 5.32 Å². The molecule has 1 aromatic carbocycles. The Balaban J connectivity index is 2.14. The molecule has 6 heteroatoms. The van der Waals surface area contributed by atoms with Crippen molar-refractivity contribution >= 4 is 37.5 Å². The van der Waals surface area contributed by atoms with Gasteiger partial charge in [-0.25, -0.2) is 0 Å². The van der Waals surface area contributed by atoms with Crippen molar-refractivity contribution in [3.05, 3.63) is 38.4 Å². The third-order valence-corrected chi connectivity index (χ3v) is 3.43.